The zero-order valence-electron chi connectivity index (χ0n) is 23.6. The molecule has 1 fully saturated rings. The van der Waals surface area contributed by atoms with Gasteiger partial charge < -0.3 is 15.0 Å². The summed E-state index contributed by atoms with van der Waals surface area (Å²) < 4.78 is 5.37. The van der Waals surface area contributed by atoms with Gasteiger partial charge in [0.1, 0.15) is 17.8 Å². The summed E-state index contributed by atoms with van der Waals surface area (Å²) in [5.41, 5.74) is 5.39. The molecule has 4 aromatic carbocycles. The molecule has 1 aromatic heterocycles. The third-order valence-corrected chi connectivity index (χ3v) is 8.41. The van der Waals surface area contributed by atoms with Crippen molar-refractivity contribution in [3.63, 3.8) is 0 Å². The van der Waals surface area contributed by atoms with Gasteiger partial charge in [0, 0.05) is 29.6 Å². The first kappa shape index (κ1) is 26.5. The van der Waals surface area contributed by atoms with Crippen molar-refractivity contribution < 1.29 is 19.1 Å². The molecule has 0 radical (unpaired) electrons. The van der Waals surface area contributed by atoms with Crippen LogP contribution in [0.2, 0.25) is 0 Å². The fourth-order valence-electron chi connectivity index (χ4n) is 6.35. The van der Waals surface area contributed by atoms with E-state index in [-0.39, 0.29) is 23.1 Å². The number of para-hydroxylation sites is 2. The predicted octanol–water partition coefficient (Wildman–Crippen LogP) is 5.63. The van der Waals surface area contributed by atoms with Crippen LogP contribution in [0, 0.1) is 0 Å². The number of hydrogen-bond acceptors (Lipinski definition) is 4. The van der Waals surface area contributed by atoms with Gasteiger partial charge in [0.2, 0.25) is 0 Å². The summed E-state index contributed by atoms with van der Waals surface area (Å²) in [5.74, 6) is 0.0227. The summed E-state index contributed by atoms with van der Waals surface area (Å²) in [6.45, 7) is 0.426. The van der Waals surface area contributed by atoms with Crippen LogP contribution in [0.5, 0.6) is 5.75 Å². The van der Waals surface area contributed by atoms with E-state index in [1.165, 1.54) is 4.90 Å². The van der Waals surface area contributed by atoms with Crippen molar-refractivity contribution in [1.29, 1.82) is 0 Å². The monoisotopic (exact) mass is 570 g/mol. The minimum Gasteiger partial charge on any atom is -0.497 e. The lowest BCUT2D eigenvalue weighted by Crippen LogP contribution is -2.44. The molecule has 7 rings (SSSR count). The van der Waals surface area contributed by atoms with E-state index < -0.39 is 18.1 Å². The number of aromatic nitrogens is 1. The van der Waals surface area contributed by atoms with E-state index >= 15 is 0 Å². The fraction of sp³-hybridized carbons (Fsp3) is 0.171. The number of aromatic amines is 1. The van der Waals surface area contributed by atoms with Gasteiger partial charge in [0.25, 0.3) is 11.8 Å². The highest BCUT2D eigenvalue weighted by molar-refractivity contribution is 6.24. The number of benzene rings is 4. The van der Waals surface area contributed by atoms with Crippen molar-refractivity contribution in [2.45, 2.75) is 24.9 Å². The number of urea groups is 1. The second-order valence-electron chi connectivity index (χ2n) is 10.8. The molecule has 214 valence electrons. The summed E-state index contributed by atoms with van der Waals surface area (Å²) in [4.78, 5) is 48.3. The third kappa shape index (κ3) is 4.52. The number of nitrogens with one attached hydrogen (secondary N) is 2. The van der Waals surface area contributed by atoms with Gasteiger partial charge in [-0.2, -0.15) is 0 Å². The molecule has 1 saturated heterocycles. The second-order valence-corrected chi connectivity index (χ2v) is 10.8. The number of ether oxygens (including phenoxy) is 1. The Morgan fingerprint density at radius 3 is 2.42 bits per heavy atom. The second kappa shape index (κ2) is 10.8. The number of hydrogen-bond donors (Lipinski definition) is 2. The predicted molar refractivity (Wildman–Crippen MR) is 164 cm³/mol. The van der Waals surface area contributed by atoms with Crippen LogP contribution in [-0.2, 0) is 17.6 Å². The molecule has 8 nitrogen and oxygen atoms in total. The first-order valence-electron chi connectivity index (χ1n) is 14.4. The van der Waals surface area contributed by atoms with Crippen LogP contribution in [0.3, 0.4) is 0 Å². The zero-order valence-corrected chi connectivity index (χ0v) is 23.6. The Kier molecular flexibility index (Phi) is 6.66. The molecule has 43 heavy (non-hydrogen) atoms. The maximum absolute atomic E-state index is 14.3. The van der Waals surface area contributed by atoms with Crippen LogP contribution < -0.4 is 15.0 Å². The first-order chi connectivity index (χ1) is 21.0. The summed E-state index contributed by atoms with van der Waals surface area (Å²) in [7, 11) is 1.61. The van der Waals surface area contributed by atoms with Crippen molar-refractivity contribution in [3.05, 3.63) is 131 Å². The lowest BCUT2D eigenvalue weighted by Gasteiger charge is -2.36. The molecule has 2 aliphatic heterocycles. The van der Waals surface area contributed by atoms with Crippen LogP contribution in [0.4, 0.5) is 10.5 Å². The van der Waals surface area contributed by atoms with Gasteiger partial charge in [-0.1, -0.05) is 72.8 Å². The van der Waals surface area contributed by atoms with E-state index in [1.807, 2.05) is 78.9 Å². The molecule has 1 unspecified atom stereocenters. The number of methoxy groups -OCH3 is 1. The molecule has 4 amide bonds. The average Bonchev–Trinajstić information content (AvgIpc) is 3.54. The Hall–Kier alpha value is -5.37. The van der Waals surface area contributed by atoms with Crippen LogP contribution in [0.25, 0.3) is 10.9 Å². The maximum atomic E-state index is 14.3. The molecular weight excluding hydrogens is 540 g/mol. The Bertz CT molecular complexity index is 1850. The summed E-state index contributed by atoms with van der Waals surface area (Å²) in [5, 5.41) is 4.00. The van der Waals surface area contributed by atoms with Gasteiger partial charge in [-0.3, -0.25) is 14.5 Å². The molecule has 0 saturated carbocycles. The van der Waals surface area contributed by atoms with Crippen molar-refractivity contribution in [3.8, 4) is 5.75 Å². The Morgan fingerprint density at radius 1 is 0.907 bits per heavy atom. The summed E-state index contributed by atoms with van der Waals surface area (Å²) >= 11 is 0. The number of carbonyl (C=O) groups is 3. The first-order valence-corrected chi connectivity index (χ1v) is 14.4. The smallest absolute Gasteiger partial charge is 0.332 e. The topological polar surface area (TPSA) is 94.7 Å². The van der Waals surface area contributed by atoms with Crippen molar-refractivity contribution in [2.75, 3.05) is 18.6 Å². The molecule has 0 aliphatic carbocycles. The van der Waals surface area contributed by atoms with E-state index in [2.05, 4.69) is 10.3 Å². The lowest BCUT2D eigenvalue weighted by atomic mass is 9.89. The highest BCUT2D eigenvalue weighted by Crippen LogP contribution is 2.45. The Morgan fingerprint density at radius 2 is 1.63 bits per heavy atom. The number of fused-ring (bicyclic) bond motifs is 4. The van der Waals surface area contributed by atoms with Crippen molar-refractivity contribution in [1.82, 2.24) is 15.2 Å². The number of amides is 4. The van der Waals surface area contributed by atoms with Gasteiger partial charge in [-0.25, -0.2) is 9.69 Å². The van der Waals surface area contributed by atoms with Crippen molar-refractivity contribution >= 4 is 34.4 Å². The summed E-state index contributed by atoms with van der Waals surface area (Å²) in [6.07, 6.45) is 1.04. The SMILES string of the molecule is COc1ccc(C2c3[nH]c4ccccc4c3C[C@H]3C(=O)N(c4ccccc4C(=O)NCCc4ccccc4)C(=O)N23)cc1. The van der Waals surface area contributed by atoms with Gasteiger partial charge in [0.15, 0.2) is 0 Å². The minimum absolute atomic E-state index is 0.280. The molecule has 0 spiro atoms. The van der Waals surface area contributed by atoms with Crippen LogP contribution in [0.1, 0.15) is 38.8 Å². The van der Waals surface area contributed by atoms with E-state index in [0.717, 1.165) is 33.3 Å². The molecule has 3 heterocycles. The lowest BCUT2D eigenvalue weighted by molar-refractivity contribution is -0.120. The average molecular weight is 571 g/mol. The Balaban J connectivity index is 1.25. The minimum atomic E-state index is -0.722. The van der Waals surface area contributed by atoms with Gasteiger partial charge in [-0.05, 0) is 53.4 Å². The van der Waals surface area contributed by atoms with Gasteiger partial charge >= 0.3 is 6.03 Å². The number of carbonyl (C=O) groups excluding carboxylic acids is 3. The van der Waals surface area contributed by atoms with Crippen LogP contribution >= 0.6 is 0 Å². The van der Waals surface area contributed by atoms with E-state index in [9.17, 15) is 14.4 Å². The Labute approximate surface area is 248 Å². The molecule has 5 aromatic rings. The molecule has 2 aliphatic rings. The highest BCUT2D eigenvalue weighted by Gasteiger charge is 2.53. The normalized spacial score (nSPS) is 17.6. The van der Waals surface area contributed by atoms with E-state index in [1.54, 1.807) is 36.3 Å². The third-order valence-electron chi connectivity index (χ3n) is 8.41. The molecule has 0 bridgehead atoms. The number of anilines is 1. The van der Waals surface area contributed by atoms with Crippen molar-refractivity contribution in [2.24, 2.45) is 0 Å². The number of H-pyrrole nitrogens is 1. The molecule has 2 atom stereocenters. The number of rotatable bonds is 7. The van der Waals surface area contributed by atoms with E-state index in [4.69, 9.17) is 4.74 Å². The highest BCUT2D eigenvalue weighted by atomic mass is 16.5. The molecule has 8 heteroatoms. The molecular formula is C35H30N4O4. The van der Waals surface area contributed by atoms with Crippen LogP contribution in [0.15, 0.2) is 103 Å². The zero-order chi connectivity index (χ0) is 29.5. The number of nitrogens with zero attached hydrogens (tertiary/aromatic N) is 2. The van der Waals surface area contributed by atoms with E-state index in [0.29, 0.717) is 25.1 Å². The maximum Gasteiger partial charge on any atom is 0.332 e. The van der Waals surface area contributed by atoms with Gasteiger partial charge in [-0.15, -0.1) is 0 Å². The standard InChI is InChI=1S/C35H30N4O4/c1-43-24-17-15-23(16-18-24)32-31-27(25-11-5-7-13-28(25)37-31)21-30-34(41)39(35(42)38(30)32)29-14-8-6-12-26(29)33(40)36-20-19-22-9-3-2-4-10-22/h2-18,30,32,37H,19-21H2,1H3,(H,36,40)/t30-,32?/m0/s1. The number of imide groups is 1. The van der Waals surface area contributed by atoms with Crippen LogP contribution in [-0.4, -0.2) is 47.4 Å². The fourth-order valence-corrected chi connectivity index (χ4v) is 6.35. The molecule has 2 N–H and O–H groups in total. The quantitative estimate of drug-likeness (QED) is 0.248. The summed E-state index contributed by atoms with van der Waals surface area (Å²) in [6, 6.07) is 30.6. The van der Waals surface area contributed by atoms with Gasteiger partial charge in [0.05, 0.1) is 18.4 Å². The largest absolute Gasteiger partial charge is 0.497 e.